The maximum Gasteiger partial charge on any atom is 0.253 e. The van der Waals surface area contributed by atoms with Gasteiger partial charge in [-0.25, -0.2) is 0 Å². The highest BCUT2D eigenvalue weighted by atomic mass is 16.5. The Hall–Kier alpha value is -2.56. The van der Waals surface area contributed by atoms with Crippen LogP contribution in [0.4, 0.5) is 0 Å². The average molecular weight is 345 g/mol. The zero-order valence-electron chi connectivity index (χ0n) is 16.3. The molecule has 0 amide bonds. The van der Waals surface area contributed by atoms with Gasteiger partial charge in [0.2, 0.25) is 0 Å². The standard InChI is InChI=1S/C18H21NO4.C2H6/c1-10-11(2)18(21)19(4)9-14(10)13-7-15(22-5)17(12(3)20)16(8-13)23-6;1-2/h7-9H,1-6H3;1-2H3. The first-order chi connectivity index (χ1) is 11.8. The molecule has 0 saturated heterocycles. The van der Waals surface area contributed by atoms with Crippen LogP contribution in [0.25, 0.3) is 11.1 Å². The Bertz CT molecular complexity index is 809. The van der Waals surface area contributed by atoms with Gasteiger partial charge in [-0.3, -0.25) is 9.59 Å². The zero-order chi connectivity index (χ0) is 19.3. The molecule has 0 radical (unpaired) electrons. The van der Waals surface area contributed by atoms with Crippen molar-refractivity contribution in [1.29, 1.82) is 0 Å². The lowest BCUT2D eigenvalue weighted by Crippen LogP contribution is -2.20. The molecule has 5 nitrogen and oxygen atoms in total. The number of carbonyl (C=O) groups excluding carboxylic acids is 1. The summed E-state index contributed by atoms with van der Waals surface area (Å²) in [7, 11) is 4.75. The maximum atomic E-state index is 12.0. The number of benzene rings is 1. The largest absolute Gasteiger partial charge is 0.496 e. The summed E-state index contributed by atoms with van der Waals surface area (Å²) in [6.45, 7) is 9.19. The Morgan fingerprint density at radius 1 is 1.00 bits per heavy atom. The Morgan fingerprint density at radius 3 is 1.88 bits per heavy atom. The molecule has 136 valence electrons. The van der Waals surface area contributed by atoms with Crippen LogP contribution in [0.3, 0.4) is 0 Å². The van der Waals surface area contributed by atoms with E-state index in [9.17, 15) is 9.59 Å². The smallest absolute Gasteiger partial charge is 0.253 e. The van der Waals surface area contributed by atoms with Gasteiger partial charge < -0.3 is 14.0 Å². The molecule has 0 spiro atoms. The summed E-state index contributed by atoms with van der Waals surface area (Å²) in [6, 6.07) is 3.59. The fraction of sp³-hybridized carbons (Fsp3) is 0.400. The second kappa shape index (κ2) is 8.51. The fourth-order valence-corrected chi connectivity index (χ4v) is 2.68. The van der Waals surface area contributed by atoms with Gasteiger partial charge in [-0.15, -0.1) is 0 Å². The number of Topliss-reactive ketones (excluding diaryl/α,β-unsaturated/α-hetero) is 1. The topological polar surface area (TPSA) is 57.5 Å². The van der Waals surface area contributed by atoms with E-state index in [2.05, 4.69) is 0 Å². The van der Waals surface area contributed by atoms with Crippen molar-refractivity contribution in [2.75, 3.05) is 14.2 Å². The Balaban J connectivity index is 0.00000151. The third-order valence-electron chi connectivity index (χ3n) is 4.10. The summed E-state index contributed by atoms with van der Waals surface area (Å²) in [5, 5.41) is 0. The van der Waals surface area contributed by atoms with Gasteiger partial charge in [0.25, 0.3) is 5.56 Å². The fourth-order valence-electron chi connectivity index (χ4n) is 2.68. The Labute approximate surface area is 149 Å². The SMILES string of the molecule is CC.COc1cc(-c2cn(C)c(=O)c(C)c2C)cc(OC)c1C(C)=O. The van der Waals surface area contributed by atoms with Crippen molar-refractivity contribution in [2.45, 2.75) is 34.6 Å². The van der Waals surface area contributed by atoms with E-state index in [0.29, 0.717) is 22.6 Å². The number of ether oxygens (including phenoxy) is 2. The molecule has 0 aliphatic carbocycles. The van der Waals surface area contributed by atoms with Crippen LogP contribution in [0.15, 0.2) is 23.1 Å². The van der Waals surface area contributed by atoms with Crippen LogP contribution in [-0.2, 0) is 7.05 Å². The van der Waals surface area contributed by atoms with E-state index in [0.717, 1.165) is 16.7 Å². The van der Waals surface area contributed by atoms with Gasteiger partial charge in [-0.05, 0) is 44.0 Å². The number of nitrogens with zero attached hydrogens (tertiary/aromatic N) is 1. The Morgan fingerprint density at radius 2 is 1.48 bits per heavy atom. The minimum absolute atomic E-state index is 0.0227. The van der Waals surface area contributed by atoms with E-state index in [4.69, 9.17) is 9.47 Å². The van der Waals surface area contributed by atoms with Crippen molar-refractivity contribution in [3.8, 4) is 22.6 Å². The van der Waals surface area contributed by atoms with E-state index >= 15 is 0 Å². The average Bonchev–Trinajstić information content (AvgIpc) is 2.63. The molecule has 0 fully saturated rings. The predicted octanol–water partition coefficient (Wildman–Crippen LogP) is 3.92. The molecule has 0 saturated carbocycles. The Kier molecular flexibility index (Phi) is 6.97. The maximum absolute atomic E-state index is 12.0. The van der Waals surface area contributed by atoms with E-state index in [-0.39, 0.29) is 11.3 Å². The molecule has 0 N–H and O–H groups in total. The summed E-state index contributed by atoms with van der Waals surface area (Å²) in [5.41, 5.74) is 3.71. The van der Waals surface area contributed by atoms with E-state index < -0.39 is 0 Å². The molecule has 0 unspecified atom stereocenters. The van der Waals surface area contributed by atoms with Gasteiger partial charge in [0.15, 0.2) is 5.78 Å². The van der Waals surface area contributed by atoms with E-state index in [1.165, 1.54) is 21.1 Å². The first-order valence-electron chi connectivity index (χ1n) is 8.26. The van der Waals surface area contributed by atoms with Gasteiger partial charge >= 0.3 is 0 Å². The first-order valence-corrected chi connectivity index (χ1v) is 8.26. The number of carbonyl (C=O) groups is 1. The predicted molar refractivity (Wildman–Crippen MR) is 101 cm³/mol. The molecule has 1 aromatic carbocycles. The molecule has 2 aromatic rings. The van der Waals surface area contributed by atoms with E-state index in [1.54, 1.807) is 36.9 Å². The normalized spacial score (nSPS) is 9.92. The van der Waals surface area contributed by atoms with Gasteiger partial charge in [-0.2, -0.15) is 0 Å². The molecule has 1 heterocycles. The molecule has 0 aliphatic rings. The summed E-state index contributed by atoms with van der Waals surface area (Å²) in [4.78, 5) is 23.9. The van der Waals surface area contributed by atoms with Gasteiger partial charge in [0, 0.05) is 24.4 Å². The summed E-state index contributed by atoms with van der Waals surface area (Å²) >= 11 is 0. The molecule has 2 rings (SSSR count). The summed E-state index contributed by atoms with van der Waals surface area (Å²) < 4.78 is 12.3. The number of aryl methyl sites for hydroxylation is 1. The number of pyridine rings is 1. The van der Waals surface area contributed by atoms with Crippen LogP contribution >= 0.6 is 0 Å². The van der Waals surface area contributed by atoms with Gasteiger partial charge in [0.1, 0.15) is 17.1 Å². The lowest BCUT2D eigenvalue weighted by atomic mass is 9.96. The molecule has 0 aliphatic heterocycles. The summed E-state index contributed by atoms with van der Waals surface area (Å²) in [5.74, 6) is 0.786. The molecule has 0 atom stereocenters. The minimum atomic E-state index is -0.126. The number of hydrogen-bond donors (Lipinski definition) is 0. The lowest BCUT2D eigenvalue weighted by molar-refractivity contribution is 0.101. The molecular weight excluding hydrogens is 318 g/mol. The second-order valence-corrected chi connectivity index (χ2v) is 5.52. The second-order valence-electron chi connectivity index (χ2n) is 5.52. The lowest BCUT2D eigenvalue weighted by Gasteiger charge is -2.16. The van der Waals surface area contributed by atoms with Crippen LogP contribution in [0.2, 0.25) is 0 Å². The van der Waals surface area contributed by atoms with Crippen LogP contribution in [0.1, 0.15) is 42.3 Å². The third-order valence-corrected chi connectivity index (χ3v) is 4.10. The molecular formula is C20H27NO4. The number of methoxy groups -OCH3 is 2. The highest BCUT2D eigenvalue weighted by molar-refractivity contribution is 6.00. The number of ketones is 1. The quantitative estimate of drug-likeness (QED) is 0.788. The van der Waals surface area contributed by atoms with Crippen molar-refractivity contribution in [1.82, 2.24) is 4.57 Å². The van der Waals surface area contributed by atoms with Crippen molar-refractivity contribution in [3.63, 3.8) is 0 Å². The molecule has 0 bridgehead atoms. The first kappa shape index (κ1) is 20.5. The van der Waals surface area contributed by atoms with Crippen LogP contribution < -0.4 is 15.0 Å². The number of rotatable bonds is 4. The number of hydrogen-bond acceptors (Lipinski definition) is 4. The minimum Gasteiger partial charge on any atom is -0.496 e. The third kappa shape index (κ3) is 3.92. The van der Waals surface area contributed by atoms with Crippen molar-refractivity contribution >= 4 is 5.78 Å². The molecule has 1 aromatic heterocycles. The van der Waals surface area contributed by atoms with Gasteiger partial charge in [0.05, 0.1) is 14.2 Å². The van der Waals surface area contributed by atoms with Crippen molar-refractivity contribution in [3.05, 3.63) is 45.4 Å². The van der Waals surface area contributed by atoms with Crippen molar-refractivity contribution in [2.24, 2.45) is 7.05 Å². The summed E-state index contributed by atoms with van der Waals surface area (Å²) in [6.07, 6.45) is 1.78. The van der Waals surface area contributed by atoms with Crippen LogP contribution in [0, 0.1) is 13.8 Å². The van der Waals surface area contributed by atoms with Crippen LogP contribution in [0.5, 0.6) is 11.5 Å². The van der Waals surface area contributed by atoms with E-state index in [1.807, 2.05) is 20.8 Å². The van der Waals surface area contributed by atoms with Gasteiger partial charge in [-0.1, -0.05) is 13.8 Å². The zero-order valence-corrected chi connectivity index (χ0v) is 16.3. The monoisotopic (exact) mass is 345 g/mol. The molecule has 5 heteroatoms. The molecule has 25 heavy (non-hydrogen) atoms. The van der Waals surface area contributed by atoms with Crippen molar-refractivity contribution < 1.29 is 14.3 Å². The number of aromatic nitrogens is 1. The highest BCUT2D eigenvalue weighted by Gasteiger charge is 2.19. The highest BCUT2D eigenvalue weighted by Crippen LogP contribution is 2.36. The van der Waals surface area contributed by atoms with Crippen LogP contribution in [-0.4, -0.2) is 24.6 Å².